The summed E-state index contributed by atoms with van der Waals surface area (Å²) < 4.78 is 13.7. The number of pyridine rings is 1. The molecule has 0 unspecified atom stereocenters. The van der Waals surface area contributed by atoms with E-state index >= 15 is 0 Å². The lowest BCUT2D eigenvalue weighted by Gasteiger charge is -2.36. The SMILES string of the molecule is O=c1[nH]c2cccc(N3CCN(Cc4ccncc4F)CC3)c2[nH]1. The number of hydrogen-bond donors (Lipinski definition) is 2. The van der Waals surface area contributed by atoms with Gasteiger partial charge < -0.3 is 14.9 Å². The van der Waals surface area contributed by atoms with Gasteiger partial charge in [0, 0.05) is 44.5 Å². The lowest BCUT2D eigenvalue weighted by Crippen LogP contribution is -2.46. The standard InChI is InChI=1S/C17H18FN5O/c18-13-10-19-5-4-12(13)11-22-6-8-23(9-7-22)15-3-1-2-14-16(15)21-17(24)20-14/h1-5,10H,6-9,11H2,(H2,20,21,24). The van der Waals surface area contributed by atoms with Crippen LogP contribution in [0, 0.1) is 5.82 Å². The van der Waals surface area contributed by atoms with E-state index in [4.69, 9.17) is 0 Å². The van der Waals surface area contributed by atoms with Crippen molar-refractivity contribution in [3.05, 3.63) is 58.5 Å². The smallest absolute Gasteiger partial charge is 0.323 e. The molecule has 2 aromatic heterocycles. The van der Waals surface area contributed by atoms with Crippen LogP contribution in [0.15, 0.2) is 41.5 Å². The van der Waals surface area contributed by atoms with Gasteiger partial charge in [-0.15, -0.1) is 0 Å². The number of nitrogens with zero attached hydrogens (tertiary/aromatic N) is 3. The minimum absolute atomic E-state index is 0.191. The zero-order valence-corrected chi connectivity index (χ0v) is 13.1. The minimum atomic E-state index is -0.255. The Labute approximate surface area is 137 Å². The molecule has 7 heteroatoms. The molecule has 3 heterocycles. The topological polar surface area (TPSA) is 68.0 Å². The van der Waals surface area contributed by atoms with Crippen LogP contribution in [0.4, 0.5) is 10.1 Å². The van der Waals surface area contributed by atoms with E-state index in [1.165, 1.54) is 6.20 Å². The number of benzene rings is 1. The number of piperazine rings is 1. The van der Waals surface area contributed by atoms with Crippen LogP contribution in [-0.4, -0.2) is 46.0 Å². The van der Waals surface area contributed by atoms with Crippen LogP contribution in [0.25, 0.3) is 11.0 Å². The summed E-state index contributed by atoms with van der Waals surface area (Å²) in [6, 6.07) is 7.58. The maximum absolute atomic E-state index is 13.7. The predicted octanol–water partition coefficient (Wildman–Crippen LogP) is 1.71. The summed E-state index contributed by atoms with van der Waals surface area (Å²) in [5, 5.41) is 0. The number of para-hydroxylation sites is 1. The molecule has 2 N–H and O–H groups in total. The van der Waals surface area contributed by atoms with Crippen LogP contribution in [0.2, 0.25) is 0 Å². The monoisotopic (exact) mass is 327 g/mol. The minimum Gasteiger partial charge on any atom is -0.367 e. The lowest BCUT2D eigenvalue weighted by molar-refractivity contribution is 0.246. The number of imidazole rings is 1. The molecule has 1 aliphatic rings. The highest BCUT2D eigenvalue weighted by Crippen LogP contribution is 2.24. The number of halogens is 1. The first kappa shape index (κ1) is 14.9. The van der Waals surface area contributed by atoms with E-state index in [2.05, 4.69) is 24.8 Å². The van der Waals surface area contributed by atoms with Gasteiger partial charge in [0.25, 0.3) is 0 Å². The molecule has 0 bridgehead atoms. The second-order valence-corrected chi connectivity index (χ2v) is 6.01. The highest BCUT2D eigenvalue weighted by molar-refractivity contribution is 5.88. The van der Waals surface area contributed by atoms with Gasteiger partial charge >= 0.3 is 5.69 Å². The van der Waals surface area contributed by atoms with E-state index in [1.54, 1.807) is 12.3 Å². The van der Waals surface area contributed by atoms with Crippen LogP contribution in [0.1, 0.15) is 5.56 Å². The summed E-state index contributed by atoms with van der Waals surface area (Å²) in [7, 11) is 0. The summed E-state index contributed by atoms with van der Waals surface area (Å²) in [6.07, 6.45) is 2.88. The predicted molar refractivity (Wildman–Crippen MR) is 90.6 cm³/mol. The highest BCUT2D eigenvalue weighted by atomic mass is 19.1. The number of anilines is 1. The first-order valence-electron chi connectivity index (χ1n) is 7.97. The normalized spacial score (nSPS) is 16.0. The molecule has 6 nitrogen and oxygen atoms in total. The third-order valence-electron chi connectivity index (χ3n) is 4.49. The van der Waals surface area contributed by atoms with Gasteiger partial charge in [0.15, 0.2) is 0 Å². The molecular weight excluding hydrogens is 309 g/mol. The fraction of sp³-hybridized carbons (Fsp3) is 0.294. The molecule has 0 amide bonds. The largest absolute Gasteiger partial charge is 0.367 e. The maximum Gasteiger partial charge on any atom is 0.323 e. The molecular formula is C17H18FN5O. The van der Waals surface area contributed by atoms with Gasteiger partial charge in [-0.3, -0.25) is 9.88 Å². The Kier molecular flexibility index (Phi) is 3.78. The van der Waals surface area contributed by atoms with Crippen molar-refractivity contribution in [3.8, 4) is 0 Å². The second kappa shape index (κ2) is 6.09. The van der Waals surface area contributed by atoms with Gasteiger partial charge in [0.2, 0.25) is 0 Å². The number of aromatic nitrogens is 3. The summed E-state index contributed by atoms with van der Waals surface area (Å²) in [5.41, 5.74) is 3.18. The fourth-order valence-corrected chi connectivity index (χ4v) is 3.23. The number of fused-ring (bicyclic) bond motifs is 1. The molecule has 4 rings (SSSR count). The zero-order valence-electron chi connectivity index (χ0n) is 13.1. The summed E-state index contributed by atoms with van der Waals surface area (Å²) >= 11 is 0. The van der Waals surface area contributed by atoms with Crippen molar-refractivity contribution in [3.63, 3.8) is 0 Å². The van der Waals surface area contributed by atoms with E-state index in [-0.39, 0.29) is 11.5 Å². The second-order valence-electron chi connectivity index (χ2n) is 6.01. The maximum atomic E-state index is 13.7. The first-order valence-corrected chi connectivity index (χ1v) is 7.97. The molecule has 3 aromatic rings. The first-order chi connectivity index (χ1) is 11.7. The molecule has 0 radical (unpaired) electrons. The van der Waals surface area contributed by atoms with Crippen LogP contribution in [0.5, 0.6) is 0 Å². The third kappa shape index (κ3) is 2.78. The fourth-order valence-electron chi connectivity index (χ4n) is 3.23. The number of aromatic amines is 2. The molecule has 0 spiro atoms. The van der Waals surface area contributed by atoms with Crippen molar-refractivity contribution < 1.29 is 4.39 Å². The van der Waals surface area contributed by atoms with E-state index < -0.39 is 0 Å². The highest BCUT2D eigenvalue weighted by Gasteiger charge is 2.20. The van der Waals surface area contributed by atoms with Crippen molar-refractivity contribution in [2.75, 3.05) is 31.1 Å². The van der Waals surface area contributed by atoms with Gasteiger partial charge in [-0.1, -0.05) is 6.07 Å². The number of hydrogen-bond acceptors (Lipinski definition) is 4. The van der Waals surface area contributed by atoms with Gasteiger partial charge in [-0.05, 0) is 18.2 Å². The van der Waals surface area contributed by atoms with Gasteiger partial charge in [0.1, 0.15) is 5.82 Å². The average Bonchev–Trinajstić information content (AvgIpc) is 2.98. The Bertz CT molecular complexity index is 910. The molecule has 0 atom stereocenters. The zero-order chi connectivity index (χ0) is 16.5. The summed E-state index contributed by atoms with van der Waals surface area (Å²) in [4.78, 5) is 25.5. The van der Waals surface area contributed by atoms with Crippen molar-refractivity contribution in [1.82, 2.24) is 19.9 Å². The van der Waals surface area contributed by atoms with Crippen molar-refractivity contribution in [1.29, 1.82) is 0 Å². The Morgan fingerprint density at radius 2 is 1.96 bits per heavy atom. The van der Waals surface area contributed by atoms with Crippen molar-refractivity contribution in [2.24, 2.45) is 0 Å². The average molecular weight is 327 g/mol. The van der Waals surface area contributed by atoms with E-state index in [9.17, 15) is 9.18 Å². The number of rotatable bonds is 3. The quantitative estimate of drug-likeness (QED) is 0.768. The van der Waals surface area contributed by atoms with Crippen LogP contribution in [-0.2, 0) is 6.54 Å². The van der Waals surface area contributed by atoms with E-state index in [0.29, 0.717) is 12.1 Å². The van der Waals surface area contributed by atoms with Crippen LogP contribution < -0.4 is 10.6 Å². The molecule has 0 aliphatic carbocycles. The molecule has 24 heavy (non-hydrogen) atoms. The summed E-state index contributed by atoms with van der Waals surface area (Å²) in [5.74, 6) is -0.255. The van der Waals surface area contributed by atoms with Crippen LogP contribution in [0.3, 0.4) is 0 Å². The number of nitrogens with one attached hydrogen (secondary N) is 2. The molecule has 1 fully saturated rings. The lowest BCUT2D eigenvalue weighted by atomic mass is 10.2. The molecule has 1 aromatic carbocycles. The van der Waals surface area contributed by atoms with Crippen molar-refractivity contribution in [2.45, 2.75) is 6.54 Å². The van der Waals surface area contributed by atoms with Crippen LogP contribution >= 0.6 is 0 Å². The Balaban J connectivity index is 1.48. The van der Waals surface area contributed by atoms with Gasteiger partial charge in [-0.25, -0.2) is 9.18 Å². The number of H-pyrrole nitrogens is 2. The van der Waals surface area contributed by atoms with Gasteiger partial charge in [-0.2, -0.15) is 0 Å². The van der Waals surface area contributed by atoms with E-state index in [0.717, 1.165) is 42.9 Å². The Hall–Kier alpha value is -2.67. The molecule has 1 aliphatic heterocycles. The molecule has 0 saturated carbocycles. The molecule has 124 valence electrons. The van der Waals surface area contributed by atoms with E-state index in [1.807, 2.05) is 18.2 Å². The van der Waals surface area contributed by atoms with Gasteiger partial charge in [0.05, 0.1) is 22.9 Å². The summed E-state index contributed by atoms with van der Waals surface area (Å²) in [6.45, 7) is 3.94. The Morgan fingerprint density at radius 1 is 1.12 bits per heavy atom. The van der Waals surface area contributed by atoms with Crippen molar-refractivity contribution >= 4 is 16.7 Å². The third-order valence-corrected chi connectivity index (χ3v) is 4.49. The molecule has 1 saturated heterocycles. The Morgan fingerprint density at radius 3 is 2.75 bits per heavy atom.